The summed E-state index contributed by atoms with van der Waals surface area (Å²) in [7, 11) is 0. The summed E-state index contributed by atoms with van der Waals surface area (Å²) in [6.07, 6.45) is 0.967. The van der Waals surface area contributed by atoms with E-state index in [4.69, 9.17) is 0 Å². The molecule has 1 unspecified atom stereocenters. The van der Waals surface area contributed by atoms with Crippen molar-refractivity contribution in [3.63, 3.8) is 0 Å². The van der Waals surface area contributed by atoms with Crippen LogP contribution < -0.4 is 10.6 Å². The Kier molecular flexibility index (Phi) is 6.49. The van der Waals surface area contributed by atoms with Gasteiger partial charge in [-0.1, -0.05) is 65.4 Å². The highest BCUT2D eigenvalue weighted by atomic mass is 32.1. The fourth-order valence-corrected chi connectivity index (χ4v) is 3.41. The zero-order valence-corrected chi connectivity index (χ0v) is 16.6. The summed E-state index contributed by atoms with van der Waals surface area (Å²) in [6.45, 7) is 3.66. The van der Waals surface area contributed by atoms with Crippen molar-refractivity contribution in [3.8, 4) is 10.6 Å². The molecule has 0 aliphatic heterocycles. The SMILES string of the molecule is Cc1cccc(-c2nnc(NC(=O)C(C)NC(=O)CCc3ccccc3)s2)c1. The molecular weight excluding hydrogens is 372 g/mol. The minimum atomic E-state index is -0.658. The summed E-state index contributed by atoms with van der Waals surface area (Å²) in [6, 6.07) is 17.0. The van der Waals surface area contributed by atoms with E-state index in [9.17, 15) is 9.59 Å². The molecule has 3 rings (SSSR count). The molecule has 2 aromatic carbocycles. The Morgan fingerprint density at radius 1 is 1.07 bits per heavy atom. The normalized spacial score (nSPS) is 11.6. The molecule has 0 saturated heterocycles. The molecule has 1 atom stereocenters. The van der Waals surface area contributed by atoms with Crippen LogP contribution in [0.1, 0.15) is 24.5 Å². The van der Waals surface area contributed by atoms with Crippen LogP contribution in [0.5, 0.6) is 0 Å². The Hall–Kier alpha value is -3.06. The second kappa shape index (κ2) is 9.23. The molecule has 7 heteroatoms. The number of aromatic nitrogens is 2. The highest BCUT2D eigenvalue weighted by molar-refractivity contribution is 7.18. The van der Waals surface area contributed by atoms with Crippen molar-refractivity contribution >= 4 is 28.3 Å². The third-order valence-corrected chi connectivity index (χ3v) is 5.06. The van der Waals surface area contributed by atoms with E-state index in [-0.39, 0.29) is 11.8 Å². The Labute approximate surface area is 168 Å². The standard InChI is InChI=1S/C21H22N4O2S/c1-14-7-6-10-17(13-14)20-24-25-21(28-20)23-19(27)15(2)22-18(26)12-11-16-8-4-3-5-9-16/h3-10,13,15H,11-12H2,1-2H3,(H,22,26)(H,23,25,27). The molecule has 3 aromatic rings. The molecule has 0 spiro atoms. The molecule has 0 aliphatic rings. The summed E-state index contributed by atoms with van der Waals surface area (Å²) in [5, 5.41) is 14.7. The second-order valence-corrected chi connectivity index (χ2v) is 7.52. The van der Waals surface area contributed by atoms with Crippen LogP contribution >= 0.6 is 11.3 Å². The van der Waals surface area contributed by atoms with E-state index < -0.39 is 6.04 Å². The predicted molar refractivity (Wildman–Crippen MR) is 111 cm³/mol. The Morgan fingerprint density at radius 2 is 1.86 bits per heavy atom. The smallest absolute Gasteiger partial charge is 0.248 e. The maximum atomic E-state index is 12.3. The largest absolute Gasteiger partial charge is 0.345 e. The van der Waals surface area contributed by atoms with Crippen LogP contribution in [-0.2, 0) is 16.0 Å². The average molecular weight is 395 g/mol. The monoisotopic (exact) mass is 394 g/mol. The predicted octanol–water partition coefficient (Wildman–Crippen LogP) is 3.59. The number of amides is 2. The van der Waals surface area contributed by atoms with Gasteiger partial charge in [0.15, 0.2) is 0 Å². The van der Waals surface area contributed by atoms with Gasteiger partial charge < -0.3 is 5.32 Å². The molecule has 0 fully saturated rings. The number of nitrogens with one attached hydrogen (secondary N) is 2. The first kappa shape index (κ1) is 19.7. The van der Waals surface area contributed by atoms with Crippen molar-refractivity contribution in [2.75, 3.05) is 5.32 Å². The average Bonchev–Trinajstić information content (AvgIpc) is 3.15. The van der Waals surface area contributed by atoms with Gasteiger partial charge in [-0.2, -0.15) is 0 Å². The second-order valence-electron chi connectivity index (χ2n) is 6.55. The number of aryl methyl sites for hydroxylation is 2. The third-order valence-electron chi connectivity index (χ3n) is 4.17. The van der Waals surface area contributed by atoms with Crippen LogP contribution in [0, 0.1) is 6.92 Å². The van der Waals surface area contributed by atoms with Gasteiger partial charge in [0.1, 0.15) is 11.0 Å². The van der Waals surface area contributed by atoms with E-state index in [0.717, 1.165) is 21.7 Å². The molecule has 28 heavy (non-hydrogen) atoms. The maximum absolute atomic E-state index is 12.3. The summed E-state index contributed by atoms with van der Waals surface area (Å²) in [5.41, 5.74) is 3.18. The zero-order valence-electron chi connectivity index (χ0n) is 15.8. The first-order valence-electron chi connectivity index (χ1n) is 9.06. The van der Waals surface area contributed by atoms with E-state index in [0.29, 0.717) is 18.0 Å². The van der Waals surface area contributed by atoms with Crippen molar-refractivity contribution in [1.29, 1.82) is 0 Å². The first-order valence-corrected chi connectivity index (χ1v) is 9.87. The highest BCUT2D eigenvalue weighted by Crippen LogP contribution is 2.26. The molecule has 144 valence electrons. The van der Waals surface area contributed by atoms with Crippen LogP contribution in [0.3, 0.4) is 0 Å². The van der Waals surface area contributed by atoms with Crippen molar-refractivity contribution in [2.24, 2.45) is 0 Å². The van der Waals surface area contributed by atoms with Gasteiger partial charge in [0.2, 0.25) is 16.9 Å². The molecule has 0 radical (unpaired) electrons. The number of rotatable bonds is 7. The molecule has 6 nitrogen and oxygen atoms in total. The van der Waals surface area contributed by atoms with Gasteiger partial charge in [-0.15, -0.1) is 10.2 Å². The lowest BCUT2D eigenvalue weighted by Crippen LogP contribution is -2.41. The molecule has 0 aliphatic carbocycles. The fourth-order valence-electron chi connectivity index (χ4n) is 2.66. The van der Waals surface area contributed by atoms with Gasteiger partial charge in [0.05, 0.1) is 0 Å². The van der Waals surface area contributed by atoms with E-state index >= 15 is 0 Å². The Balaban J connectivity index is 1.51. The lowest BCUT2D eigenvalue weighted by molar-refractivity contribution is -0.126. The maximum Gasteiger partial charge on any atom is 0.248 e. The Morgan fingerprint density at radius 3 is 2.61 bits per heavy atom. The number of hydrogen-bond acceptors (Lipinski definition) is 5. The van der Waals surface area contributed by atoms with Gasteiger partial charge >= 0.3 is 0 Å². The minimum absolute atomic E-state index is 0.163. The van der Waals surface area contributed by atoms with Crippen LogP contribution in [0.15, 0.2) is 54.6 Å². The van der Waals surface area contributed by atoms with Crippen LogP contribution in [0.2, 0.25) is 0 Å². The van der Waals surface area contributed by atoms with Crippen LogP contribution in [0.25, 0.3) is 10.6 Å². The summed E-state index contributed by atoms with van der Waals surface area (Å²) >= 11 is 1.30. The van der Waals surface area contributed by atoms with Gasteiger partial charge in [-0.05, 0) is 31.9 Å². The van der Waals surface area contributed by atoms with Crippen molar-refractivity contribution < 1.29 is 9.59 Å². The van der Waals surface area contributed by atoms with Gasteiger partial charge in [-0.3, -0.25) is 14.9 Å². The van der Waals surface area contributed by atoms with Crippen molar-refractivity contribution in [1.82, 2.24) is 15.5 Å². The summed E-state index contributed by atoms with van der Waals surface area (Å²) in [5.74, 6) is -0.482. The lowest BCUT2D eigenvalue weighted by atomic mass is 10.1. The van der Waals surface area contributed by atoms with E-state index in [1.54, 1.807) is 6.92 Å². The summed E-state index contributed by atoms with van der Waals surface area (Å²) in [4.78, 5) is 24.4. The van der Waals surface area contributed by atoms with E-state index in [1.807, 2.05) is 61.5 Å². The fraction of sp³-hybridized carbons (Fsp3) is 0.238. The number of carbonyl (C=O) groups excluding carboxylic acids is 2. The van der Waals surface area contributed by atoms with Gasteiger partial charge in [0.25, 0.3) is 0 Å². The van der Waals surface area contributed by atoms with Crippen LogP contribution in [-0.4, -0.2) is 28.1 Å². The molecule has 1 heterocycles. The zero-order chi connectivity index (χ0) is 19.9. The molecule has 1 aromatic heterocycles. The summed E-state index contributed by atoms with van der Waals surface area (Å²) < 4.78 is 0. The molecule has 2 amide bonds. The van der Waals surface area contributed by atoms with Gasteiger partial charge in [-0.25, -0.2) is 0 Å². The number of carbonyl (C=O) groups is 2. The molecular formula is C21H22N4O2S. The molecule has 0 bridgehead atoms. The minimum Gasteiger partial charge on any atom is -0.345 e. The number of hydrogen-bond donors (Lipinski definition) is 2. The first-order chi connectivity index (χ1) is 13.5. The van der Waals surface area contributed by atoms with Crippen molar-refractivity contribution in [3.05, 3.63) is 65.7 Å². The molecule has 0 saturated carbocycles. The number of benzene rings is 2. The number of anilines is 1. The van der Waals surface area contributed by atoms with Crippen molar-refractivity contribution in [2.45, 2.75) is 32.7 Å². The van der Waals surface area contributed by atoms with Crippen LogP contribution in [0.4, 0.5) is 5.13 Å². The highest BCUT2D eigenvalue weighted by Gasteiger charge is 2.17. The van der Waals surface area contributed by atoms with E-state index in [2.05, 4.69) is 20.8 Å². The number of nitrogens with zero attached hydrogens (tertiary/aromatic N) is 2. The topological polar surface area (TPSA) is 84.0 Å². The molecule has 2 N–H and O–H groups in total. The quantitative estimate of drug-likeness (QED) is 0.641. The van der Waals surface area contributed by atoms with E-state index in [1.165, 1.54) is 11.3 Å². The van der Waals surface area contributed by atoms with Gasteiger partial charge in [0, 0.05) is 12.0 Å². The third kappa shape index (κ3) is 5.47. The lowest BCUT2D eigenvalue weighted by Gasteiger charge is -2.12. The Bertz CT molecular complexity index is 956.